The Hall–Kier alpha value is -2.27. The zero-order chi connectivity index (χ0) is 17.1. The van der Waals surface area contributed by atoms with Crippen molar-refractivity contribution < 1.29 is 9.59 Å². The second-order valence-electron chi connectivity index (χ2n) is 5.88. The first-order chi connectivity index (χ1) is 11.6. The van der Waals surface area contributed by atoms with E-state index in [2.05, 4.69) is 35.8 Å². The van der Waals surface area contributed by atoms with Gasteiger partial charge in [0.25, 0.3) is 5.91 Å². The lowest BCUT2D eigenvalue weighted by molar-refractivity contribution is -0.128. The van der Waals surface area contributed by atoms with Crippen molar-refractivity contribution in [3.05, 3.63) is 54.1 Å². The molecule has 0 spiro atoms. The minimum absolute atomic E-state index is 0.0196. The Morgan fingerprint density at radius 1 is 1.08 bits per heavy atom. The van der Waals surface area contributed by atoms with Gasteiger partial charge in [-0.3, -0.25) is 9.59 Å². The average molecular weight is 340 g/mol. The highest BCUT2D eigenvalue weighted by Gasteiger charge is 2.30. The molecule has 4 nitrogen and oxygen atoms in total. The van der Waals surface area contributed by atoms with Crippen molar-refractivity contribution in [3.63, 3.8) is 0 Å². The lowest BCUT2D eigenvalue weighted by Crippen LogP contribution is -2.40. The predicted octanol–water partition coefficient (Wildman–Crippen LogP) is 3.04. The van der Waals surface area contributed by atoms with E-state index in [4.69, 9.17) is 0 Å². The van der Waals surface area contributed by atoms with Crippen LogP contribution in [0.1, 0.15) is 16.8 Å². The fraction of sp³-hybridized carbons (Fsp3) is 0.263. The van der Waals surface area contributed by atoms with Crippen LogP contribution in [0.25, 0.3) is 11.1 Å². The van der Waals surface area contributed by atoms with Crippen LogP contribution in [-0.2, 0) is 4.79 Å². The molecular weight excluding hydrogens is 320 g/mol. The van der Waals surface area contributed by atoms with Crippen LogP contribution >= 0.6 is 11.8 Å². The first kappa shape index (κ1) is 16.6. The van der Waals surface area contributed by atoms with E-state index in [0.29, 0.717) is 18.5 Å². The summed E-state index contributed by atoms with van der Waals surface area (Å²) in [5.74, 6) is -0.221. The highest BCUT2D eigenvalue weighted by Crippen LogP contribution is 2.23. The van der Waals surface area contributed by atoms with Crippen LogP contribution in [0.2, 0.25) is 0 Å². The number of likely N-dealkylation sites (tertiary alicyclic amines) is 1. The van der Waals surface area contributed by atoms with Crippen molar-refractivity contribution in [1.29, 1.82) is 0 Å². The molecule has 1 fully saturated rings. The summed E-state index contributed by atoms with van der Waals surface area (Å²) in [5, 5.41) is 2.82. The Balaban J connectivity index is 1.69. The van der Waals surface area contributed by atoms with Crippen molar-refractivity contribution >= 4 is 23.6 Å². The lowest BCUT2D eigenvalue weighted by Gasteiger charge is -2.12. The normalized spacial score (nSPS) is 17.2. The number of thioether (sulfide) groups is 1. The Kier molecular flexibility index (Phi) is 4.90. The van der Waals surface area contributed by atoms with Crippen molar-refractivity contribution in [1.82, 2.24) is 10.2 Å². The highest BCUT2D eigenvalue weighted by atomic mass is 32.2. The lowest BCUT2D eigenvalue weighted by atomic mass is 10.0. The minimum atomic E-state index is -0.402. The van der Waals surface area contributed by atoms with Crippen molar-refractivity contribution in [2.45, 2.75) is 17.4 Å². The Bertz CT molecular complexity index is 741. The van der Waals surface area contributed by atoms with Crippen LogP contribution in [0.3, 0.4) is 0 Å². The van der Waals surface area contributed by atoms with E-state index in [9.17, 15) is 9.59 Å². The minimum Gasteiger partial charge on any atom is -0.344 e. The summed E-state index contributed by atoms with van der Waals surface area (Å²) >= 11 is 1.71. The van der Waals surface area contributed by atoms with E-state index in [-0.39, 0.29) is 11.8 Å². The van der Waals surface area contributed by atoms with Gasteiger partial charge in [0.2, 0.25) is 5.91 Å². The Labute approximate surface area is 146 Å². The first-order valence-corrected chi connectivity index (χ1v) is 9.11. The molecule has 3 rings (SSSR count). The maximum absolute atomic E-state index is 12.3. The van der Waals surface area contributed by atoms with Crippen LogP contribution < -0.4 is 5.32 Å². The van der Waals surface area contributed by atoms with Crippen LogP contribution in [0.5, 0.6) is 0 Å². The number of benzene rings is 2. The van der Waals surface area contributed by atoms with Crippen LogP contribution in [0.4, 0.5) is 0 Å². The molecule has 0 unspecified atom stereocenters. The topological polar surface area (TPSA) is 49.4 Å². The second kappa shape index (κ2) is 7.09. The number of amides is 2. The number of hydrogen-bond acceptors (Lipinski definition) is 3. The third-order valence-electron chi connectivity index (χ3n) is 4.30. The molecule has 2 aromatic rings. The Morgan fingerprint density at radius 3 is 2.17 bits per heavy atom. The van der Waals surface area contributed by atoms with Gasteiger partial charge in [0.05, 0.1) is 0 Å². The molecule has 1 atom stereocenters. The summed E-state index contributed by atoms with van der Waals surface area (Å²) in [6, 6.07) is 15.4. The monoisotopic (exact) mass is 340 g/mol. The molecule has 1 heterocycles. The largest absolute Gasteiger partial charge is 0.344 e. The fourth-order valence-corrected chi connectivity index (χ4v) is 3.20. The molecule has 1 saturated heterocycles. The van der Waals surface area contributed by atoms with Gasteiger partial charge in [-0.1, -0.05) is 24.3 Å². The summed E-state index contributed by atoms with van der Waals surface area (Å²) in [4.78, 5) is 27.0. The maximum atomic E-state index is 12.3. The molecule has 0 radical (unpaired) electrons. The van der Waals surface area contributed by atoms with E-state index < -0.39 is 6.04 Å². The molecule has 24 heavy (non-hydrogen) atoms. The highest BCUT2D eigenvalue weighted by molar-refractivity contribution is 7.98. The van der Waals surface area contributed by atoms with Crippen LogP contribution in [0, 0.1) is 0 Å². The number of rotatable bonds is 4. The fourth-order valence-electron chi connectivity index (χ4n) is 2.80. The van der Waals surface area contributed by atoms with E-state index in [1.165, 1.54) is 4.90 Å². The standard InChI is InChI=1S/C19H20N2O2S/c1-21-12-11-17(19(21)23)20-18(22)15-5-3-13(4-6-15)14-7-9-16(24-2)10-8-14/h3-10,17H,11-12H2,1-2H3,(H,20,22)/t17-/m0/s1. The molecule has 1 aliphatic heterocycles. The molecule has 0 aliphatic carbocycles. The maximum Gasteiger partial charge on any atom is 0.251 e. The van der Waals surface area contributed by atoms with Gasteiger partial charge < -0.3 is 10.2 Å². The van der Waals surface area contributed by atoms with Gasteiger partial charge >= 0.3 is 0 Å². The van der Waals surface area contributed by atoms with E-state index in [1.807, 2.05) is 12.1 Å². The Morgan fingerprint density at radius 2 is 1.67 bits per heavy atom. The van der Waals surface area contributed by atoms with Crippen molar-refractivity contribution in [3.8, 4) is 11.1 Å². The van der Waals surface area contributed by atoms with Gasteiger partial charge in [-0.05, 0) is 48.1 Å². The molecule has 0 bridgehead atoms. The van der Waals surface area contributed by atoms with Gasteiger partial charge in [-0.2, -0.15) is 0 Å². The molecule has 1 N–H and O–H groups in total. The van der Waals surface area contributed by atoms with Gasteiger partial charge in [0.15, 0.2) is 0 Å². The molecule has 5 heteroatoms. The summed E-state index contributed by atoms with van der Waals surface area (Å²) in [7, 11) is 1.76. The summed E-state index contributed by atoms with van der Waals surface area (Å²) in [6.45, 7) is 0.689. The van der Waals surface area contributed by atoms with Crippen LogP contribution in [-0.4, -0.2) is 42.6 Å². The smallest absolute Gasteiger partial charge is 0.251 e. The summed E-state index contributed by atoms with van der Waals surface area (Å²) < 4.78 is 0. The van der Waals surface area contributed by atoms with Crippen molar-refractivity contribution in [2.75, 3.05) is 19.8 Å². The van der Waals surface area contributed by atoms with Gasteiger partial charge in [-0.15, -0.1) is 11.8 Å². The zero-order valence-corrected chi connectivity index (χ0v) is 14.6. The molecule has 0 saturated carbocycles. The number of nitrogens with one attached hydrogen (secondary N) is 1. The van der Waals surface area contributed by atoms with Crippen molar-refractivity contribution in [2.24, 2.45) is 0 Å². The van der Waals surface area contributed by atoms with E-state index in [0.717, 1.165) is 11.1 Å². The zero-order valence-electron chi connectivity index (χ0n) is 13.8. The third-order valence-corrected chi connectivity index (χ3v) is 5.05. The number of likely N-dealkylation sites (N-methyl/N-ethyl adjacent to an activating group) is 1. The van der Waals surface area contributed by atoms with Crippen LogP contribution in [0.15, 0.2) is 53.4 Å². The van der Waals surface area contributed by atoms with Gasteiger partial charge in [0, 0.05) is 24.1 Å². The third kappa shape index (κ3) is 3.46. The molecule has 0 aromatic heterocycles. The van der Waals surface area contributed by atoms with E-state index in [1.54, 1.807) is 35.8 Å². The first-order valence-electron chi connectivity index (χ1n) is 7.89. The summed E-state index contributed by atoms with van der Waals surface area (Å²) in [5.41, 5.74) is 2.75. The molecule has 124 valence electrons. The SMILES string of the molecule is CSc1ccc(-c2ccc(C(=O)N[C@H]3CCN(C)C3=O)cc2)cc1. The number of hydrogen-bond donors (Lipinski definition) is 1. The van der Waals surface area contributed by atoms with Gasteiger partial charge in [0.1, 0.15) is 6.04 Å². The molecule has 2 amide bonds. The molecule has 2 aromatic carbocycles. The average Bonchev–Trinajstić information content (AvgIpc) is 2.94. The molecular formula is C19H20N2O2S. The predicted molar refractivity (Wildman–Crippen MR) is 97.2 cm³/mol. The summed E-state index contributed by atoms with van der Waals surface area (Å²) in [6.07, 6.45) is 2.72. The number of nitrogens with zero attached hydrogens (tertiary/aromatic N) is 1. The number of carbonyl (C=O) groups is 2. The quantitative estimate of drug-likeness (QED) is 0.871. The number of carbonyl (C=O) groups excluding carboxylic acids is 2. The second-order valence-corrected chi connectivity index (χ2v) is 6.76. The molecule has 1 aliphatic rings. The van der Waals surface area contributed by atoms with Gasteiger partial charge in [-0.25, -0.2) is 0 Å². The van der Waals surface area contributed by atoms with E-state index >= 15 is 0 Å².